The average Bonchev–Trinajstić information content (AvgIpc) is 3.99. The zero-order chi connectivity index (χ0) is 37.4. The van der Waals surface area contributed by atoms with Crippen molar-refractivity contribution in [2.24, 2.45) is 9.98 Å². The Kier molecular flexibility index (Phi) is 14.2. The summed E-state index contributed by atoms with van der Waals surface area (Å²) in [6.07, 6.45) is 14.1. The first kappa shape index (κ1) is 40.6. The van der Waals surface area contributed by atoms with Gasteiger partial charge in [-0.2, -0.15) is 30.0 Å². The van der Waals surface area contributed by atoms with Crippen LogP contribution in [0.3, 0.4) is 0 Å². The summed E-state index contributed by atoms with van der Waals surface area (Å²) in [6.45, 7) is 3.60. The molecule has 0 unspecified atom stereocenters. The van der Waals surface area contributed by atoms with Crippen LogP contribution in [0, 0.1) is 46.5 Å². The summed E-state index contributed by atoms with van der Waals surface area (Å²) >= 11 is 0. The van der Waals surface area contributed by atoms with Crippen LogP contribution in [-0.4, -0.2) is 25.6 Å². The maximum Gasteiger partial charge on any atom is 2.00 e. The number of aliphatic imine (C=N–C) groups is 2. The number of rotatable bonds is 12. The van der Waals surface area contributed by atoms with Gasteiger partial charge in [-0.05, 0) is 48.3 Å². The monoisotopic (exact) mass is 789 g/mol. The zero-order valence-corrected chi connectivity index (χ0v) is 29.0. The minimum absolute atomic E-state index is 0. The summed E-state index contributed by atoms with van der Waals surface area (Å²) in [7, 11) is 0. The molecule has 0 aliphatic carbocycles. The van der Waals surface area contributed by atoms with Crippen LogP contribution in [0.4, 0.5) is 35.1 Å². The smallest absolute Gasteiger partial charge is 0.664 e. The molecule has 4 aromatic rings. The SMILES string of the molecule is CCCCOc1c(F)c(F)c(/C(=C2\C=CC=N2)c2ccc[n-]2)c(F)c1F.CCCCOc1c(F)c(F)c(/C(=C2\C=CC=N2)c2ccc[n-]2)c(F)c1F.[Cu+2]. The molecule has 2 aromatic carbocycles. The van der Waals surface area contributed by atoms with Crippen molar-refractivity contribution in [3.63, 3.8) is 0 Å². The molecule has 1 radical (unpaired) electrons. The third-order valence-electron chi connectivity index (χ3n) is 7.67. The minimum Gasteiger partial charge on any atom is -0.664 e. The van der Waals surface area contributed by atoms with Gasteiger partial charge in [0.1, 0.15) is 0 Å². The Bertz CT molecular complexity index is 1870. The van der Waals surface area contributed by atoms with Crippen molar-refractivity contribution < 1.29 is 61.7 Å². The number of hydrogen-bond acceptors (Lipinski definition) is 4. The van der Waals surface area contributed by atoms with E-state index in [1.165, 1.54) is 49.1 Å². The van der Waals surface area contributed by atoms with Crippen LogP contribution in [0.5, 0.6) is 11.5 Å². The molecule has 6 rings (SSSR count). The van der Waals surface area contributed by atoms with E-state index in [0.29, 0.717) is 25.7 Å². The number of hydrogen-bond donors (Lipinski definition) is 0. The topological polar surface area (TPSA) is 71.4 Å². The number of benzene rings is 2. The second-order valence-electron chi connectivity index (χ2n) is 11.2. The number of aromatic nitrogens is 2. The maximum atomic E-state index is 14.7. The van der Waals surface area contributed by atoms with Gasteiger partial charge in [-0.15, -0.1) is 11.4 Å². The van der Waals surface area contributed by atoms with Gasteiger partial charge in [0.2, 0.25) is 23.3 Å². The van der Waals surface area contributed by atoms with E-state index in [1.54, 1.807) is 24.3 Å². The van der Waals surface area contributed by atoms with Gasteiger partial charge in [0.25, 0.3) is 0 Å². The van der Waals surface area contributed by atoms with Crippen molar-refractivity contribution in [2.45, 2.75) is 39.5 Å². The fourth-order valence-electron chi connectivity index (χ4n) is 5.12. The van der Waals surface area contributed by atoms with E-state index >= 15 is 0 Å². The predicted molar refractivity (Wildman–Crippen MR) is 180 cm³/mol. The molecule has 6 nitrogen and oxygen atoms in total. The Morgan fingerprint density at radius 3 is 1.19 bits per heavy atom. The Hall–Kier alpha value is -5.14. The fourth-order valence-corrected chi connectivity index (χ4v) is 5.12. The Morgan fingerprint density at radius 2 is 0.925 bits per heavy atom. The normalized spacial score (nSPS) is 14.7. The van der Waals surface area contributed by atoms with Gasteiger partial charge < -0.3 is 19.4 Å². The molecule has 0 atom stereocenters. The molecule has 15 heteroatoms. The summed E-state index contributed by atoms with van der Waals surface area (Å²) in [5, 5.41) is 0. The van der Waals surface area contributed by atoms with E-state index in [1.807, 2.05) is 13.8 Å². The van der Waals surface area contributed by atoms with Gasteiger partial charge in [0.05, 0.1) is 35.7 Å². The second-order valence-corrected chi connectivity index (χ2v) is 11.2. The maximum absolute atomic E-state index is 14.7. The average molecular weight is 790 g/mol. The summed E-state index contributed by atoms with van der Waals surface area (Å²) in [5.74, 6) is -14.6. The van der Waals surface area contributed by atoms with Crippen molar-refractivity contribution in [1.29, 1.82) is 0 Å². The molecule has 0 amide bonds. The predicted octanol–water partition coefficient (Wildman–Crippen LogP) is 9.56. The molecule has 281 valence electrons. The first-order chi connectivity index (χ1) is 25.1. The van der Waals surface area contributed by atoms with E-state index in [9.17, 15) is 35.1 Å². The Morgan fingerprint density at radius 1 is 0.566 bits per heavy atom. The molecule has 0 bridgehead atoms. The molecule has 0 saturated carbocycles. The molecule has 0 fully saturated rings. The summed E-state index contributed by atoms with van der Waals surface area (Å²) in [4.78, 5) is 15.9. The number of allylic oxidation sites excluding steroid dienone is 4. The van der Waals surface area contributed by atoms with Gasteiger partial charge in [0.15, 0.2) is 34.8 Å². The quantitative estimate of drug-likeness (QED) is 0.0621. The number of nitrogens with zero attached hydrogens (tertiary/aromatic N) is 4. The van der Waals surface area contributed by atoms with Crippen molar-refractivity contribution in [2.75, 3.05) is 13.2 Å². The van der Waals surface area contributed by atoms with Crippen molar-refractivity contribution >= 4 is 23.6 Å². The van der Waals surface area contributed by atoms with Crippen LogP contribution in [0.25, 0.3) is 11.1 Å². The van der Waals surface area contributed by atoms with E-state index < -0.39 is 69.2 Å². The number of halogens is 8. The number of ether oxygens (including phenoxy) is 2. The van der Waals surface area contributed by atoms with Gasteiger partial charge in [-0.25, -0.2) is 17.6 Å². The minimum atomic E-state index is -1.58. The van der Waals surface area contributed by atoms with Crippen molar-refractivity contribution in [3.8, 4) is 11.5 Å². The first-order valence-corrected chi connectivity index (χ1v) is 16.2. The first-order valence-electron chi connectivity index (χ1n) is 16.2. The molecule has 0 spiro atoms. The molecule has 2 aromatic heterocycles. The van der Waals surface area contributed by atoms with Gasteiger partial charge in [-0.3, -0.25) is 9.98 Å². The largest absolute Gasteiger partial charge is 2.00 e. The van der Waals surface area contributed by atoms with Crippen LogP contribution in [0.1, 0.15) is 62.0 Å². The zero-order valence-electron chi connectivity index (χ0n) is 28.1. The standard InChI is InChI=1S/2C19H15F4N2O.Cu/c2*1-2-3-10-26-19-17(22)15(20)14(16(21)18(19)23)13(11-6-4-8-24-11)12-7-5-9-25-12;/h2*4-9H,2-3,10H2,1H3;/q2*-1;+2/b2*13-11+;. The van der Waals surface area contributed by atoms with Crippen molar-refractivity contribution in [1.82, 2.24) is 9.97 Å². The third-order valence-corrected chi connectivity index (χ3v) is 7.67. The molecule has 0 N–H and O–H groups in total. The van der Waals surface area contributed by atoms with E-state index in [2.05, 4.69) is 20.0 Å². The van der Waals surface area contributed by atoms with Crippen LogP contribution < -0.4 is 19.4 Å². The molecular formula is C38H30CuF8N4O2. The molecule has 2 aliphatic heterocycles. The summed E-state index contributed by atoms with van der Waals surface area (Å²) in [5.41, 5.74) is -1.37. The van der Waals surface area contributed by atoms with E-state index in [-0.39, 0.29) is 64.2 Å². The molecule has 4 heterocycles. The van der Waals surface area contributed by atoms with Gasteiger partial charge in [0, 0.05) is 12.4 Å². The summed E-state index contributed by atoms with van der Waals surface area (Å²) in [6, 6.07) is 6.04. The third kappa shape index (κ3) is 8.58. The van der Waals surface area contributed by atoms with E-state index in [4.69, 9.17) is 9.47 Å². The molecule has 0 saturated heterocycles. The fraction of sp³-hybridized carbons (Fsp3) is 0.211. The molecule has 53 heavy (non-hydrogen) atoms. The van der Waals surface area contributed by atoms with Crippen LogP contribution in [0.15, 0.2) is 82.3 Å². The van der Waals surface area contributed by atoms with Crippen LogP contribution >= 0.6 is 0 Å². The van der Waals surface area contributed by atoms with Gasteiger partial charge in [-0.1, -0.05) is 51.0 Å². The summed E-state index contributed by atoms with van der Waals surface area (Å²) < 4.78 is 126. The van der Waals surface area contributed by atoms with Crippen molar-refractivity contribution in [3.05, 3.63) is 141 Å². The molecular weight excluding hydrogens is 760 g/mol. The van der Waals surface area contributed by atoms with Crippen LogP contribution in [-0.2, 0) is 17.1 Å². The Balaban J connectivity index is 0.000000232. The van der Waals surface area contributed by atoms with Crippen LogP contribution in [0.2, 0.25) is 0 Å². The van der Waals surface area contributed by atoms with E-state index in [0.717, 1.165) is 0 Å². The van der Waals surface area contributed by atoms with Gasteiger partial charge >= 0.3 is 17.1 Å². The Labute approximate surface area is 310 Å². The number of unbranched alkanes of at least 4 members (excludes halogenated alkanes) is 2. The second kappa shape index (κ2) is 18.6. The molecule has 2 aliphatic rings.